The summed E-state index contributed by atoms with van der Waals surface area (Å²) < 4.78 is 5.93. The number of nitrogens with zero attached hydrogens (tertiary/aromatic N) is 1. The number of H-pyrrole nitrogens is 1. The Hall–Kier alpha value is -1.39. The second kappa shape index (κ2) is 7.45. The Morgan fingerprint density at radius 3 is 2.70 bits per heavy atom. The first kappa shape index (κ1) is 16.5. The zero-order valence-corrected chi connectivity index (χ0v) is 14.3. The second-order valence-corrected chi connectivity index (χ2v) is 6.81. The fraction of sp³-hybridized carbons (Fsp3) is 0.471. The number of phenolic OH excluding ortho intramolecular Hbond substituents is 1. The molecular weight excluding hydrogens is 335 g/mol. The third-order valence-corrected chi connectivity index (χ3v) is 4.99. The zero-order valence-electron chi connectivity index (χ0n) is 12.8. The number of benzene rings is 1. The van der Waals surface area contributed by atoms with Gasteiger partial charge in [-0.25, -0.2) is 4.98 Å². The molecule has 1 aliphatic rings. The van der Waals surface area contributed by atoms with Gasteiger partial charge >= 0.3 is 0 Å². The topological polar surface area (TPSA) is 58.1 Å². The van der Waals surface area contributed by atoms with E-state index < -0.39 is 0 Å². The maximum absolute atomic E-state index is 10.3. The summed E-state index contributed by atoms with van der Waals surface area (Å²) in [6.07, 6.45) is 10.7. The molecule has 23 heavy (non-hydrogen) atoms. The fourth-order valence-electron chi connectivity index (χ4n) is 3.18. The van der Waals surface area contributed by atoms with Crippen LogP contribution in [0.5, 0.6) is 11.5 Å². The lowest BCUT2D eigenvalue weighted by Crippen LogP contribution is -2.11. The van der Waals surface area contributed by atoms with Crippen LogP contribution < -0.4 is 4.74 Å². The maximum Gasteiger partial charge on any atom is 0.151 e. The molecule has 0 unspecified atom stereocenters. The Morgan fingerprint density at radius 1 is 1.22 bits per heavy atom. The smallest absolute Gasteiger partial charge is 0.151 e. The van der Waals surface area contributed by atoms with Gasteiger partial charge in [0.05, 0.1) is 40.4 Å². The molecule has 0 atom stereocenters. The van der Waals surface area contributed by atoms with Crippen molar-refractivity contribution in [3.05, 3.63) is 28.6 Å². The Balaban J connectivity index is 1.79. The van der Waals surface area contributed by atoms with Crippen molar-refractivity contribution < 1.29 is 9.84 Å². The molecule has 4 nitrogen and oxygen atoms in total. The molecule has 1 heterocycles. The first-order valence-electron chi connectivity index (χ1n) is 7.99. The third-order valence-electron chi connectivity index (χ3n) is 4.43. The van der Waals surface area contributed by atoms with Crippen molar-refractivity contribution in [2.75, 3.05) is 6.61 Å². The molecule has 1 fully saturated rings. The highest BCUT2D eigenvalue weighted by atomic mass is 35.5. The van der Waals surface area contributed by atoms with Gasteiger partial charge in [-0.3, -0.25) is 0 Å². The Labute approximate surface area is 145 Å². The van der Waals surface area contributed by atoms with Gasteiger partial charge in [0.2, 0.25) is 0 Å². The van der Waals surface area contributed by atoms with Gasteiger partial charge in [-0.1, -0.05) is 55.3 Å². The Morgan fingerprint density at radius 2 is 2.00 bits per heavy atom. The summed E-state index contributed by atoms with van der Waals surface area (Å²) in [6.45, 7) is 0.576. The number of ether oxygens (including phenoxy) is 1. The fourth-order valence-corrected chi connectivity index (χ4v) is 3.70. The second-order valence-electron chi connectivity index (χ2n) is 6.00. The van der Waals surface area contributed by atoms with Crippen LogP contribution in [0, 0.1) is 5.92 Å². The molecule has 0 radical (unpaired) electrons. The lowest BCUT2D eigenvalue weighted by molar-refractivity contribution is 0.246. The molecule has 0 saturated heterocycles. The van der Waals surface area contributed by atoms with E-state index in [1.54, 1.807) is 6.20 Å². The first-order valence-corrected chi connectivity index (χ1v) is 8.75. The molecule has 0 aliphatic heterocycles. The van der Waals surface area contributed by atoms with Crippen molar-refractivity contribution in [3.63, 3.8) is 0 Å². The molecule has 1 aromatic heterocycles. The minimum Gasteiger partial charge on any atom is -0.506 e. The van der Waals surface area contributed by atoms with Crippen molar-refractivity contribution in [2.24, 2.45) is 5.92 Å². The lowest BCUT2D eigenvalue weighted by atomic mass is 9.87. The largest absolute Gasteiger partial charge is 0.506 e. The van der Waals surface area contributed by atoms with Crippen LogP contribution in [0.15, 0.2) is 18.6 Å². The van der Waals surface area contributed by atoms with Gasteiger partial charge < -0.3 is 14.8 Å². The number of aromatic amines is 1. The first-order chi connectivity index (χ1) is 11.2. The van der Waals surface area contributed by atoms with E-state index in [1.807, 2.05) is 0 Å². The summed E-state index contributed by atoms with van der Waals surface area (Å²) in [5.74, 6) is 1.13. The van der Waals surface area contributed by atoms with E-state index >= 15 is 0 Å². The summed E-state index contributed by atoms with van der Waals surface area (Å²) in [7, 11) is 0. The molecule has 3 rings (SSSR count). The summed E-state index contributed by atoms with van der Waals surface area (Å²) in [5.41, 5.74) is 1.09. The van der Waals surface area contributed by atoms with Crippen molar-refractivity contribution >= 4 is 23.2 Å². The molecule has 2 N–H and O–H groups in total. The molecule has 0 spiro atoms. The van der Waals surface area contributed by atoms with Crippen LogP contribution in [-0.4, -0.2) is 21.7 Å². The van der Waals surface area contributed by atoms with Gasteiger partial charge in [-0.15, -0.1) is 0 Å². The summed E-state index contributed by atoms with van der Waals surface area (Å²) in [4.78, 5) is 6.95. The van der Waals surface area contributed by atoms with E-state index in [1.165, 1.54) is 44.5 Å². The van der Waals surface area contributed by atoms with Crippen LogP contribution in [0.3, 0.4) is 0 Å². The van der Waals surface area contributed by atoms with Crippen LogP contribution in [0.4, 0.5) is 0 Å². The third kappa shape index (κ3) is 3.75. The predicted octanol–water partition coefficient (Wildman–Crippen LogP) is 5.44. The molecule has 0 bridgehead atoms. The van der Waals surface area contributed by atoms with E-state index in [4.69, 9.17) is 27.9 Å². The molecule has 1 saturated carbocycles. The molecule has 0 amide bonds. The van der Waals surface area contributed by atoms with Gasteiger partial charge in [0.15, 0.2) is 5.75 Å². The van der Waals surface area contributed by atoms with Crippen molar-refractivity contribution in [1.82, 2.24) is 9.97 Å². The van der Waals surface area contributed by atoms with Crippen molar-refractivity contribution in [1.29, 1.82) is 0 Å². The lowest BCUT2D eigenvalue weighted by Gasteiger charge is -2.22. The maximum atomic E-state index is 10.3. The highest BCUT2D eigenvalue weighted by Gasteiger charge is 2.21. The van der Waals surface area contributed by atoms with Crippen LogP contribution >= 0.6 is 23.2 Å². The van der Waals surface area contributed by atoms with Gasteiger partial charge in [0, 0.05) is 0 Å². The minimum atomic E-state index is -0.0482. The highest BCUT2D eigenvalue weighted by Crippen LogP contribution is 2.46. The predicted molar refractivity (Wildman–Crippen MR) is 92.4 cm³/mol. The monoisotopic (exact) mass is 354 g/mol. The van der Waals surface area contributed by atoms with E-state index in [0.29, 0.717) is 28.6 Å². The van der Waals surface area contributed by atoms with E-state index in [0.717, 1.165) is 12.3 Å². The molecule has 1 aromatic carbocycles. The molecular formula is C17H20Cl2N2O2. The number of aromatic hydroxyl groups is 1. The van der Waals surface area contributed by atoms with Crippen LogP contribution in [0.25, 0.3) is 11.3 Å². The molecule has 6 heteroatoms. The van der Waals surface area contributed by atoms with Crippen LogP contribution in [0.1, 0.15) is 38.5 Å². The number of aromatic nitrogens is 2. The quantitative estimate of drug-likeness (QED) is 0.751. The number of phenols is 1. The number of halogens is 2. The Kier molecular flexibility index (Phi) is 5.34. The molecule has 124 valence electrons. The van der Waals surface area contributed by atoms with Crippen molar-refractivity contribution in [3.8, 4) is 22.8 Å². The summed E-state index contributed by atoms with van der Waals surface area (Å²) in [5, 5.41) is 10.9. The van der Waals surface area contributed by atoms with E-state index in [9.17, 15) is 5.11 Å². The SMILES string of the molecule is Oc1c(Cl)cc(Cl)c(OCCC2CCCCC2)c1-c1cnc[nH]1. The number of imidazole rings is 1. The average molecular weight is 355 g/mol. The normalized spacial score (nSPS) is 15.7. The van der Waals surface area contributed by atoms with Gasteiger partial charge in [-0.05, 0) is 18.4 Å². The standard InChI is InChI=1S/C17H20Cl2N2O2/c18-12-8-13(19)17(15(16(12)22)14-9-20-10-21-14)23-7-6-11-4-2-1-3-5-11/h8-11,22H,1-7H2,(H,20,21). The number of hydrogen-bond acceptors (Lipinski definition) is 3. The highest BCUT2D eigenvalue weighted by molar-refractivity contribution is 6.37. The number of nitrogens with one attached hydrogen (secondary N) is 1. The van der Waals surface area contributed by atoms with Gasteiger partial charge in [0.1, 0.15) is 5.75 Å². The number of hydrogen-bond donors (Lipinski definition) is 2. The van der Waals surface area contributed by atoms with Gasteiger partial charge in [-0.2, -0.15) is 0 Å². The Bertz CT molecular complexity index is 653. The minimum absolute atomic E-state index is 0.0482. The average Bonchev–Trinajstić information content (AvgIpc) is 3.07. The number of rotatable bonds is 5. The summed E-state index contributed by atoms with van der Waals surface area (Å²) in [6, 6.07) is 1.51. The van der Waals surface area contributed by atoms with E-state index in [-0.39, 0.29) is 10.8 Å². The zero-order chi connectivity index (χ0) is 16.2. The van der Waals surface area contributed by atoms with Gasteiger partial charge in [0.25, 0.3) is 0 Å². The van der Waals surface area contributed by atoms with Crippen molar-refractivity contribution in [2.45, 2.75) is 38.5 Å². The van der Waals surface area contributed by atoms with E-state index in [2.05, 4.69) is 9.97 Å². The summed E-state index contributed by atoms with van der Waals surface area (Å²) >= 11 is 12.3. The molecule has 1 aliphatic carbocycles. The van der Waals surface area contributed by atoms with Crippen LogP contribution in [0.2, 0.25) is 10.0 Å². The van der Waals surface area contributed by atoms with Crippen LogP contribution in [-0.2, 0) is 0 Å². The molecule has 2 aromatic rings.